The average molecular weight is 1090 g/mol. The number of unbranched alkanes of at least 4 members (excludes halogenated alkanes) is 6. The lowest BCUT2D eigenvalue weighted by Crippen LogP contribution is -2.38. The van der Waals surface area contributed by atoms with Crippen LogP contribution < -0.4 is 41.9 Å². The summed E-state index contributed by atoms with van der Waals surface area (Å²) in [5.74, 6) is -0.0621. The molecule has 0 saturated heterocycles. The second kappa shape index (κ2) is 23.9. The Morgan fingerprint density at radius 1 is 0.549 bits per heavy atom. The van der Waals surface area contributed by atoms with Crippen LogP contribution in [0, 0.1) is 48.5 Å². The van der Waals surface area contributed by atoms with Crippen molar-refractivity contribution < 1.29 is 19.0 Å². The third kappa shape index (κ3) is 10.9. The van der Waals surface area contributed by atoms with E-state index in [9.17, 15) is 9.90 Å². The second-order valence-electron chi connectivity index (χ2n) is 22.7. The van der Waals surface area contributed by atoms with Crippen molar-refractivity contribution in [1.82, 2.24) is 20.6 Å². The number of para-hydroxylation sites is 2. The topological polar surface area (TPSA) is 171 Å². The van der Waals surface area contributed by atoms with E-state index in [0.717, 1.165) is 206 Å². The lowest BCUT2D eigenvalue weighted by molar-refractivity contribution is -0.540. The third-order valence-electron chi connectivity index (χ3n) is 17.3. The molecular weight excluding hydrogens is 1010 g/mol. The van der Waals surface area contributed by atoms with Crippen molar-refractivity contribution in [3.8, 4) is 22.5 Å². The summed E-state index contributed by atoms with van der Waals surface area (Å²) in [4.78, 5) is 23.5. The normalized spacial score (nSPS) is 12.3. The molecule has 1 aliphatic rings. The van der Waals surface area contributed by atoms with Gasteiger partial charge in [0.1, 0.15) is 28.3 Å². The Morgan fingerprint density at radius 3 is 1.70 bits per heavy atom. The quantitative estimate of drug-likeness (QED) is 0.0122. The van der Waals surface area contributed by atoms with Gasteiger partial charge in [-0.3, -0.25) is 10.1 Å². The van der Waals surface area contributed by atoms with Gasteiger partial charge in [-0.2, -0.15) is 0 Å². The number of hydrogen-bond acceptors (Lipinski definition) is 9. The van der Waals surface area contributed by atoms with Crippen LogP contribution in [0.15, 0.2) is 127 Å². The molecule has 0 radical (unpaired) electrons. The van der Waals surface area contributed by atoms with Gasteiger partial charge in [0, 0.05) is 95.8 Å². The molecule has 11 rings (SSSR count). The number of nitrogens with zero attached hydrogens (tertiary/aromatic N) is 4. The van der Waals surface area contributed by atoms with Crippen molar-refractivity contribution in [2.45, 2.75) is 112 Å². The van der Waals surface area contributed by atoms with Crippen molar-refractivity contribution in [2.24, 2.45) is 0 Å². The average Bonchev–Trinajstić information content (AvgIpc) is 3.23. The van der Waals surface area contributed by atoms with Gasteiger partial charge in [0.25, 0.3) is 5.91 Å². The van der Waals surface area contributed by atoms with Crippen LogP contribution in [0.2, 0.25) is 0 Å². The molecule has 418 valence electrons. The van der Waals surface area contributed by atoms with E-state index in [1.54, 1.807) is 0 Å². The molecule has 0 bridgehead atoms. The van der Waals surface area contributed by atoms with Crippen molar-refractivity contribution in [3.63, 3.8) is 0 Å². The minimum atomic E-state index is -0.746. The summed E-state index contributed by atoms with van der Waals surface area (Å²) in [7, 11) is 0. The molecule has 0 aliphatic carbocycles. The number of hydrogen-bond donors (Lipinski definition) is 7. The van der Waals surface area contributed by atoms with Crippen LogP contribution >= 0.6 is 0 Å². The smallest absolute Gasteiger partial charge is 0.251 e. The minimum Gasteiger partial charge on any atom is -0.398 e. The van der Waals surface area contributed by atoms with Crippen molar-refractivity contribution >= 4 is 72.8 Å². The second-order valence-corrected chi connectivity index (χ2v) is 22.7. The number of benzene rings is 8. The van der Waals surface area contributed by atoms with E-state index < -0.39 is 6.23 Å². The van der Waals surface area contributed by atoms with Gasteiger partial charge in [0.2, 0.25) is 33.4 Å². The molecule has 2 aromatic heterocycles. The fourth-order valence-corrected chi connectivity index (χ4v) is 12.1. The zero-order chi connectivity index (χ0) is 57.2. The number of nitrogens with two attached hydrogens (primary N) is 2. The predicted octanol–water partition coefficient (Wildman–Crippen LogP) is 13.2. The van der Waals surface area contributed by atoms with E-state index in [2.05, 4.69) is 152 Å². The van der Waals surface area contributed by atoms with E-state index in [-0.39, 0.29) is 5.91 Å². The van der Waals surface area contributed by atoms with Crippen molar-refractivity contribution in [3.05, 3.63) is 189 Å². The molecule has 0 fully saturated rings. The number of rotatable bonds is 21. The fourth-order valence-electron chi connectivity index (χ4n) is 12.1. The van der Waals surface area contributed by atoms with Crippen LogP contribution in [-0.4, -0.2) is 47.2 Å². The number of carbonyl (C=O) groups excluding carboxylic acids is 1. The molecule has 1 amide bonds. The van der Waals surface area contributed by atoms with E-state index in [0.29, 0.717) is 12.1 Å². The van der Waals surface area contributed by atoms with Gasteiger partial charge < -0.3 is 32.5 Å². The maximum atomic E-state index is 13.1. The van der Waals surface area contributed by atoms with E-state index in [4.69, 9.17) is 21.4 Å². The molecule has 0 saturated carbocycles. The SMILES string of the molecule is Cc1cc2nc3c(C)c(C)c(N)c(C)c3[n+](-c3ccccc3)c2cc1NCCCCCCNC(=O)c1ccc(-c2ccc(C(O)NCCCCCCNc3cc4c(cc3C)nc3c(C)c(C)c(N)c5c3[n+]4-c3ccccc3C5)cc2)cc1. The number of carbonyl (C=O) groups is 1. The number of aliphatic hydroxyl groups is 1. The summed E-state index contributed by atoms with van der Waals surface area (Å²) in [6, 6.07) is 43.7. The number of nitrogens with one attached hydrogen (secondary N) is 4. The highest BCUT2D eigenvalue weighted by atomic mass is 16.3. The molecule has 1 atom stereocenters. The summed E-state index contributed by atoms with van der Waals surface area (Å²) < 4.78 is 4.69. The van der Waals surface area contributed by atoms with Gasteiger partial charge in [-0.25, -0.2) is 9.97 Å². The molecule has 3 heterocycles. The van der Waals surface area contributed by atoms with Gasteiger partial charge in [0.15, 0.2) is 0 Å². The largest absolute Gasteiger partial charge is 0.398 e. The minimum absolute atomic E-state index is 0.0621. The Morgan fingerprint density at radius 2 is 1.07 bits per heavy atom. The first-order valence-electron chi connectivity index (χ1n) is 29.4. The first-order valence-corrected chi connectivity index (χ1v) is 29.4. The Labute approximate surface area is 482 Å². The molecule has 0 spiro atoms. The summed E-state index contributed by atoms with van der Waals surface area (Å²) in [6.07, 6.45) is 8.25. The zero-order valence-electron chi connectivity index (χ0n) is 48.7. The van der Waals surface area contributed by atoms with E-state index in [1.165, 1.54) is 16.8 Å². The monoisotopic (exact) mass is 1090 g/mol. The van der Waals surface area contributed by atoms with Crippen LogP contribution in [-0.2, 0) is 6.42 Å². The number of anilines is 4. The number of aliphatic hydroxyl groups excluding tert-OH is 1. The molecule has 12 heteroatoms. The number of amides is 1. The molecule has 8 aromatic carbocycles. The highest BCUT2D eigenvalue weighted by Gasteiger charge is 2.33. The van der Waals surface area contributed by atoms with Gasteiger partial charge in [-0.05, 0) is 155 Å². The first kappa shape index (κ1) is 55.5. The van der Waals surface area contributed by atoms with E-state index >= 15 is 0 Å². The molecule has 12 nitrogen and oxygen atoms in total. The predicted molar refractivity (Wildman–Crippen MR) is 337 cm³/mol. The lowest BCUT2D eigenvalue weighted by Gasteiger charge is -2.20. The summed E-state index contributed by atoms with van der Waals surface area (Å²) >= 11 is 0. The van der Waals surface area contributed by atoms with Gasteiger partial charge in [0.05, 0.1) is 5.56 Å². The molecule has 10 aromatic rings. The molecule has 1 unspecified atom stereocenters. The lowest BCUT2D eigenvalue weighted by atomic mass is 9.91. The number of fused-ring (bicyclic) bond motifs is 6. The fraction of sp³-hybridized carbons (Fsp3) is 0.300. The van der Waals surface area contributed by atoms with Crippen LogP contribution in [0.5, 0.6) is 0 Å². The Kier molecular flexibility index (Phi) is 16.2. The van der Waals surface area contributed by atoms with Gasteiger partial charge in [-0.1, -0.05) is 98.5 Å². The maximum Gasteiger partial charge on any atom is 0.251 e. The van der Waals surface area contributed by atoms with Crippen LogP contribution in [0.1, 0.15) is 124 Å². The number of aryl methyl sites for hydroxylation is 5. The van der Waals surface area contributed by atoms with Crippen LogP contribution in [0.25, 0.3) is 66.6 Å². The summed E-state index contributed by atoms with van der Waals surface area (Å²) in [5, 5.41) is 24.8. The van der Waals surface area contributed by atoms with Crippen LogP contribution in [0.4, 0.5) is 22.7 Å². The van der Waals surface area contributed by atoms with Gasteiger partial charge >= 0.3 is 0 Å². The molecule has 1 aliphatic heterocycles. The molecular formula is C70H78N10O2+2. The Balaban J connectivity index is 0.593. The summed E-state index contributed by atoms with van der Waals surface area (Å²) in [5.41, 5.74) is 41.6. The Hall–Kier alpha value is -8.45. The molecule has 9 N–H and O–H groups in total. The van der Waals surface area contributed by atoms with Gasteiger partial charge in [-0.15, -0.1) is 9.13 Å². The van der Waals surface area contributed by atoms with E-state index in [1.807, 2.05) is 54.6 Å². The maximum absolute atomic E-state index is 13.1. The van der Waals surface area contributed by atoms with Crippen LogP contribution in [0.3, 0.4) is 0 Å². The highest BCUT2D eigenvalue weighted by Crippen LogP contribution is 2.38. The number of nitrogen functional groups attached to an aromatic ring is 2. The zero-order valence-corrected chi connectivity index (χ0v) is 48.7. The third-order valence-corrected chi connectivity index (χ3v) is 17.3. The Bertz CT molecular complexity index is 4050. The van der Waals surface area contributed by atoms with Crippen molar-refractivity contribution in [1.29, 1.82) is 0 Å². The molecule has 82 heavy (non-hydrogen) atoms. The summed E-state index contributed by atoms with van der Waals surface area (Å²) in [6.45, 7) is 17.9. The van der Waals surface area contributed by atoms with Crippen molar-refractivity contribution in [2.75, 3.05) is 48.3 Å². The number of aromatic nitrogens is 4. The standard InChI is InChI=1S/C70H76N10O2/c1-42-37-58-61(79(54-22-13-12-14-23-54)67-48(7)63(71)44(3)46(5)65(67)77-58)40-56(42)73-33-17-8-10-19-35-75-69(81)51-29-25-49(26-30-51)50-27-31-52(32-28-50)70(82)76-36-20-11-9-18-34-74-57-41-62-59(38-43(57)2)78-66-47(6)45(4)64(72)55-39-53-21-15-16-24-60(53)80(62)68(55)66/h12-16,21-32,37-38,40-41,70,76,82H,8-11,17-20,33-36,39H2,1-7H3,(H5,71,72,73,74,75,81)/p+2. The first-order chi connectivity index (χ1) is 39.8. The highest BCUT2D eigenvalue weighted by molar-refractivity contribution is 5.96.